The fourth-order valence-electron chi connectivity index (χ4n) is 4.07. The van der Waals surface area contributed by atoms with Gasteiger partial charge in [0.25, 0.3) is 0 Å². The summed E-state index contributed by atoms with van der Waals surface area (Å²) in [5.41, 5.74) is -0.565. The molecule has 2 heterocycles. The number of ether oxygens (including phenoxy) is 1. The minimum atomic E-state index is -0.565. The highest BCUT2D eigenvalue weighted by atomic mass is 16.5. The Kier molecular flexibility index (Phi) is 6.36. The molecule has 1 atom stereocenters. The number of hydrogen-bond acceptors (Lipinski definition) is 4. The molecular formula is C18H34N4O2. The van der Waals surface area contributed by atoms with Crippen molar-refractivity contribution in [3.05, 3.63) is 0 Å². The van der Waals surface area contributed by atoms with Crippen LogP contribution in [0.1, 0.15) is 39.0 Å². The Morgan fingerprint density at radius 1 is 1.25 bits per heavy atom. The summed E-state index contributed by atoms with van der Waals surface area (Å²) in [7, 11) is 0. The van der Waals surface area contributed by atoms with Crippen LogP contribution in [0.4, 0.5) is 0 Å². The van der Waals surface area contributed by atoms with Crippen LogP contribution in [0.25, 0.3) is 0 Å². The molecule has 3 fully saturated rings. The Bertz CT molecular complexity index is 409. The zero-order valence-electron chi connectivity index (χ0n) is 15.2. The first kappa shape index (κ1) is 18.0. The second kappa shape index (κ2) is 8.50. The summed E-state index contributed by atoms with van der Waals surface area (Å²) in [6.07, 6.45) is 5.27. The van der Waals surface area contributed by atoms with Crippen molar-refractivity contribution in [2.45, 2.75) is 44.6 Å². The van der Waals surface area contributed by atoms with Crippen LogP contribution in [-0.2, 0) is 4.74 Å². The van der Waals surface area contributed by atoms with Gasteiger partial charge < -0.3 is 20.1 Å². The molecule has 0 bridgehead atoms. The van der Waals surface area contributed by atoms with Crippen LogP contribution in [0.15, 0.2) is 4.99 Å². The van der Waals surface area contributed by atoms with Crippen LogP contribution in [0.2, 0.25) is 0 Å². The molecule has 0 amide bonds. The molecule has 2 N–H and O–H groups in total. The van der Waals surface area contributed by atoms with E-state index in [2.05, 4.69) is 22.0 Å². The largest absolute Gasteiger partial charge is 0.388 e. The molecule has 0 radical (unpaired) electrons. The summed E-state index contributed by atoms with van der Waals surface area (Å²) in [5.74, 6) is 1.69. The zero-order chi connectivity index (χ0) is 16.8. The third-order valence-electron chi connectivity index (χ3n) is 5.60. The fourth-order valence-corrected chi connectivity index (χ4v) is 4.07. The van der Waals surface area contributed by atoms with E-state index in [4.69, 9.17) is 9.73 Å². The number of nitrogens with zero attached hydrogens (tertiary/aromatic N) is 3. The second-order valence-electron chi connectivity index (χ2n) is 7.62. The third-order valence-corrected chi connectivity index (χ3v) is 5.60. The topological polar surface area (TPSA) is 60.3 Å². The van der Waals surface area contributed by atoms with Crippen LogP contribution in [0, 0.1) is 5.92 Å². The standard InChI is InChI=1S/C18H34N4O2/c1-2-19-17(20-15-18(23)6-3-4-7-18)22-10-8-21(9-11-22)13-16-5-12-24-14-16/h16,23H,2-15H2,1H3,(H,19,20). The number of piperazine rings is 1. The van der Waals surface area contributed by atoms with E-state index in [1.807, 2.05) is 0 Å². The Morgan fingerprint density at radius 3 is 2.62 bits per heavy atom. The lowest BCUT2D eigenvalue weighted by Gasteiger charge is -2.37. The molecule has 2 aliphatic heterocycles. The number of aliphatic hydroxyl groups is 1. The van der Waals surface area contributed by atoms with Crippen molar-refractivity contribution in [3.8, 4) is 0 Å². The molecule has 6 nitrogen and oxygen atoms in total. The van der Waals surface area contributed by atoms with Gasteiger partial charge in [0.1, 0.15) is 0 Å². The number of aliphatic imine (C=N–C) groups is 1. The minimum absolute atomic E-state index is 0.537. The van der Waals surface area contributed by atoms with Crippen LogP contribution >= 0.6 is 0 Å². The highest BCUT2D eigenvalue weighted by molar-refractivity contribution is 5.80. The van der Waals surface area contributed by atoms with Gasteiger partial charge in [0.2, 0.25) is 0 Å². The predicted molar refractivity (Wildman–Crippen MR) is 96.3 cm³/mol. The highest BCUT2D eigenvalue weighted by Gasteiger charge is 2.31. The normalized spacial score (nSPS) is 28.5. The Labute approximate surface area is 146 Å². The van der Waals surface area contributed by atoms with Crippen molar-refractivity contribution in [1.29, 1.82) is 0 Å². The molecule has 1 unspecified atom stereocenters. The molecule has 6 heteroatoms. The molecule has 0 aromatic carbocycles. The highest BCUT2D eigenvalue weighted by Crippen LogP contribution is 2.29. The average Bonchev–Trinajstić information content (AvgIpc) is 3.25. The van der Waals surface area contributed by atoms with E-state index in [1.165, 1.54) is 13.0 Å². The maximum atomic E-state index is 10.5. The summed E-state index contributed by atoms with van der Waals surface area (Å²) in [6, 6.07) is 0. The van der Waals surface area contributed by atoms with Crippen molar-refractivity contribution in [2.75, 3.05) is 59.0 Å². The van der Waals surface area contributed by atoms with Gasteiger partial charge >= 0.3 is 0 Å². The molecule has 1 aliphatic carbocycles. The Balaban J connectivity index is 1.49. The first-order chi connectivity index (χ1) is 11.7. The summed E-state index contributed by atoms with van der Waals surface area (Å²) >= 11 is 0. The number of rotatable bonds is 5. The molecule has 138 valence electrons. The summed E-state index contributed by atoms with van der Waals surface area (Å²) < 4.78 is 5.49. The number of hydrogen-bond donors (Lipinski definition) is 2. The lowest BCUT2D eigenvalue weighted by molar-refractivity contribution is 0.0569. The van der Waals surface area contributed by atoms with E-state index in [1.54, 1.807) is 0 Å². The zero-order valence-corrected chi connectivity index (χ0v) is 15.2. The van der Waals surface area contributed by atoms with Crippen molar-refractivity contribution < 1.29 is 9.84 Å². The quantitative estimate of drug-likeness (QED) is 0.576. The predicted octanol–water partition coefficient (Wildman–Crippen LogP) is 0.911. The van der Waals surface area contributed by atoms with Crippen LogP contribution in [0.5, 0.6) is 0 Å². The molecule has 24 heavy (non-hydrogen) atoms. The summed E-state index contributed by atoms with van der Waals surface area (Å²) in [4.78, 5) is 9.67. The monoisotopic (exact) mass is 338 g/mol. The molecule has 2 saturated heterocycles. The van der Waals surface area contributed by atoms with Crippen LogP contribution in [0.3, 0.4) is 0 Å². The first-order valence-corrected chi connectivity index (χ1v) is 9.74. The van der Waals surface area contributed by atoms with E-state index >= 15 is 0 Å². The fraction of sp³-hybridized carbons (Fsp3) is 0.944. The van der Waals surface area contributed by atoms with Gasteiger partial charge in [-0.15, -0.1) is 0 Å². The van der Waals surface area contributed by atoms with Gasteiger partial charge in [0.05, 0.1) is 18.8 Å². The maximum absolute atomic E-state index is 10.5. The Morgan fingerprint density at radius 2 is 2.00 bits per heavy atom. The third kappa shape index (κ3) is 4.83. The van der Waals surface area contributed by atoms with Gasteiger partial charge in [0.15, 0.2) is 5.96 Å². The molecule has 0 spiro atoms. The molecular weight excluding hydrogens is 304 g/mol. The molecule has 0 aromatic rings. The lowest BCUT2D eigenvalue weighted by Crippen LogP contribution is -2.53. The van der Waals surface area contributed by atoms with Crippen LogP contribution < -0.4 is 5.32 Å². The van der Waals surface area contributed by atoms with Gasteiger partial charge in [0, 0.05) is 45.9 Å². The summed E-state index contributed by atoms with van der Waals surface area (Å²) in [5, 5.41) is 13.9. The van der Waals surface area contributed by atoms with Gasteiger partial charge in [-0.25, -0.2) is 0 Å². The summed E-state index contributed by atoms with van der Waals surface area (Å²) in [6.45, 7) is 10.8. The maximum Gasteiger partial charge on any atom is 0.194 e. The average molecular weight is 338 g/mol. The van der Waals surface area contributed by atoms with Gasteiger partial charge in [-0.2, -0.15) is 0 Å². The van der Waals surface area contributed by atoms with Crippen molar-refractivity contribution in [2.24, 2.45) is 10.9 Å². The van der Waals surface area contributed by atoms with Gasteiger partial charge in [-0.1, -0.05) is 12.8 Å². The van der Waals surface area contributed by atoms with Crippen molar-refractivity contribution in [3.63, 3.8) is 0 Å². The van der Waals surface area contributed by atoms with Crippen LogP contribution in [-0.4, -0.2) is 85.5 Å². The number of nitrogens with one attached hydrogen (secondary N) is 1. The van der Waals surface area contributed by atoms with E-state index in [9.17, 15) is 5.11 Å². The molecule has 3 aliphatic rings. The first-order valence-electron chi connectivity index (χ1n) is 9.74. The number of guanidine groups is 1. The lowest BCUT2D eigenvalue weighted by atomic mass is 10.0. The molecule has 0 aromatic heterocycles. The minimum Gasteiger partial charge on any atom is -0.388 e. The smallest absolute Gasteiger partial charge is 0.194 e. The molecule has 3 rings (SSSR count). The second-order valence-corrected chi connectivity index (χ2v) is 7.62. The van der Waals surface area contributed by atoms with Crippen molar-refractivity contribution >= 4 is 5.96 Å². The van der Waals surface area contributed by atoms with Gasteiger partial charge in [-0.3, -0.25) is 9.89 Å². The van der Waals surface area contributed by atoms with E-state index in [0.717, 1.165) is 83.5 Å². The van der Waals surface area contributed by atoms with E-state index in [-0.39, 0.29) is 0 Å². The van der Waals surface area contributed by atoms with Gasteiger partial charge in [-0.05, 0) is 32.1 Å². The molecule has 1 saturated carbocycles. The van der Waals surface area contributed by atoms with E-state index < -0.39 is 5.60 Å². The van der Waals surface area contributed by atoms with E-state index in [0.29, 0.717) is 6.54 Å². The van der Waals surface area contributed by atoms with Crippen molar-refractivity contribution in [1.82, 2.24) is 15.1 Å². The SMILES string of the molecule is CCNC(=NCC1(O)CCCC1)N1CCN(CC2CCOC2)CC1. The Hall–Kier alpha value is -0.850.